The van der Waals surface area contributed by atoms with Crippen LogP contribution in [0.1, 0.15) is 38.8 Å². The molecule has 0 aliphatic heterocycles. The molecule has 19 heavy (non-hydrogen) atoms. The minimum Gasteiger partial charge on any atom is -0.507 e. The zero-order valence-corrected chi connectivity index (χ0v) is 12.7. The Bertz CT molecular complexity index is 454. The fraction of sp³-hybridized carbons (Fsp3) is 0.438. The molecule has 0 saturated carbocycles. The first-order valence-electron chi connectivity index (χ1n) is 6.14. The summed E-state index contributed by atoms with van der Waals surface area (Å²) in [6.07, 6.45) is 0. The number of benzene rings is 1. The first kappa shape index (κ1) is 17.2. The van der Waals surface area contributed by atoms with Crippen LogP contribution < -0.4 is 0 Å². The number of carbonyl (C=O) groups excluding carboxylic acids is 1. The van der Waals surface area contributed by atoms with Crippen molar-refractivity contribution in [3.05, 3.63) is 41.5 Å². The number of phenolic OH excluding ortho intramolecular Hbond substituents is 1. The lowest BCUT2D eigenvalue weighted by Crippen LogP contribution is -2.11. The summed E-state index contributed by atoms with van der Waals surface area (Å²) in [5.74, 6) is 0.0880. The van der Waals surface area contributed by atoms with Crippen molar-refractivity contribution in [1.82, 2.24) is 0 Å². The maximum absolute atomic E-state index is 10.2. The van der Waals surface area contributed by atoms with Gasteiger partial charge in [-0.1, -0.05) is 45.5 Å². The van der Waals surface area contributed by atoms with Gasteiger partial charge in [-0.05, 0) is 30.4 Å². The minimum atomic E-state index is -0.347. The standard InChI is InChI=1S/C11H16O.C5H8O2/c1-8-6-5-7-9(10(8)12)11(2,3)4;1-4(2)5(6)7-3/h5-7,12H,1-4H3;1H2,2-3H3. The number of hydrogen-bond donors (Lipinski definition) is 1. The number of hydrogen-bond acceptors (Lipinski definition) is 3. The van der Waals surface area contributed by atoms with Gasteiger partial charge in [0.15, 0.2) is 0 Å². The molecule has 1 aromatic rings. The Labute approximate surface area is 115 Å². The summed E-state index contributed by atoms with van der Waals surface area (Å²) in [4.78, 5) is 10.2. The van der Waals surface area contributed by atoms with Crippen LogP contribution in [-0.4, -0.2) is 18.2 Å². The van der Waals surface area contributed by atoms with Crippen molar-refractivity contribution in [3.8, 4) is 5.75 Å². The second kappa shape index (κ2) is 6.98. The van der Waals surface area contributed by atoms with Crippen LogP contribution in [0, 0.1) is 6.92 Å². The number of aromatic hydroxyl groups is 1. The number of aryl methyl sites for hydroxylation is 1. The average Bonchev–Trinajstić information content (AvgIpc) is 2.30. The highest BCUT2D eigenvalue weighted by Crippen LogP contribution is 2.32. The lowest BCUT2D eigenvalue weighted by molar-refractivity contribution is -0.136. The lowest BCUT2D eigenvalue weighted by Gasteiger charge is -2.20. The fourth-order valence-corrected chi connectivity index (χ4v) is 1.44. The maximum atomic E-state index is 10.2. The van der Waals surface area contributed by atoms with Gasteiger partial charge in [0.1, 0.15) is 5.75 Å². The van der Waals surface area contributed by atoms with E-state index in [1.54, 1.807) is 6.92 Å². The Balaban J connectivity index is 0.000000399. The van der Waals surface area contributed by atoms with Gasteiger partial charge in [-0.3, -0.25) is 0 Å². The quantitative estimate of drug-likeness (QED) is 0.621. The molecule has 0 spiro atoms. The number of carbonyl (C=O) groups is 1. The van der Waals surface area contributed by atoms with Gasteiger partial charge in [-0.25, -0.2) is 4.79 Å². The van der Waals surface area contributed by atoms with E-state index in [4.69, 9.17) is 0 Å². The van der Waals surface area contributed by atoms with Crippen LogP contribution in [0.4, 0.5) is 0 Å². The van der Waals surface area contributed by atoms with E-state index in [1.165, 1.54) is 7.11 Å². The van der Waals surface area contributed by atoms with Crippen LogP contribution in [0.25, 0.3) is 0 Å². The molecule has 1 N–H and O–H groups in total. The van der Waals surface area contributed by atoms with E-state index in [9.17, 15) is 9.90 Å². The molecule has 0 aromatic heterocycles. The van der Waals surface area contributed by atoms with Crippen LogP contribution in [0.3, 0.4) is 0 Å². The first-order valence-corrected chi connectivity index (χ1v) is 6.14. The molecule has 0 saturated heterocycles. The summed E-state index contributed by atoms with van der Waals surface area (Å²) in [7, 11) is 1.33. The van der Waals surface area contributed by atoms with E-state index in [1.807, 2.05) is 25.1 Å². The summed E-state index contributed by atoms with van der Waals surface area (Å²) in [6, 6.07) is 5.88. The molecule has 1 rings (SSSR count). The van der Waals surface area contributed by atoms with Gasteiger partial charge >= 0.3 is 5.97 Å². The molecule has 0 fully saturated rings. The van der Waals surface area contributed by atoms with Crippen molar-refractivity contribution in [2.24, 2.45) is 0 Å². The van der Waals surface area contributed by atoms with E-state index >= 15 is 0 Å². The van der Waals surface area contributed by atoms with Crippen molar-refractivity contribution < 1.29 is 14.6 Å². The number of ether oxygens (including phenoxy) is 1. The Morgan fingerprint density at radius 3 is 2.11 bits per heavy atom. The summed E-state index contributed by atoms with van der Waals surface area (Å²) in [5.41, 5.74) is 2.42. The summed E-state index contributed by atoms with van der Waals surface area (Å²) in [6.45, 7) is 13.2. The van der Waals surface area contributed by atoms with Crippen molar-refractivity contribution in [3.63, 3.8) is 0 Å². The van der Waals surface area contributed by atoms with Crippen LogP contribution >= 0.6 is 0 Å². The van der Waals surface area contributed by atoms with Crippen LogP contribution in [0.5, 0.6) is 5.75 Å². The molecule has 3 heteroatoms. The highest BCUT2D eigenvalue weighted by molar-refractivity contribution is 5.86. The third kappa shape index (κ3) is 5.60. The fourth-order valence-electron chi connectivity index (χ4n) is 1.44. The van der Waals surface area contributed by atoms with Gasteiger partial charge in [-0.2, -0.15) is 0 Å². The van der Waals surface area contributed by atoms with Gasteiger partial charge < -0.3 is 9.84 Å². The molecule has 3 nitrogen and oxygen atoms in total. The number of esters is 1. The molecule has 0 bridgehead atoms. The predicted octanol–water partition coefficient (Wildman–Crippen LogP) is 3.73. The van der Waals surface area contributed by atoms with Crippen molar-refractivity contribution in [1.29, 1.82) is 0 Å². The molecule has 0 unspecified atom stereocenters. The molecule has 0 heterocycles. The van der Waals surface area contributed by atoms with Gasteiger partial charge in [0.25, 0.3) is 0 Å². The lowest BCUT2D eigenvalue weighted by atomic mass is 9.85. The maximum Gasteiger partial charge on any atom is 0.332 e. The Morgan fingerprint density at radius 1 is 1.32 bits per heavy atom. The molecular formula is C16H24O3. The van der Waals surface area contributed by atoms with Gasteiger partial charge in [0.2, 0.25) is 0 Å². The van der Waals surface area contributed by atoms with E-state index in [0.717, 1.165) is 11.1 Å². The monoisotopic (exact) mass is 264 g/mol. The number of phenols is 1. The van der Waals surface area contributed by atoms with E-state index in [2.05, 4.69) is 32.1 Å². The van der Waals surface area contributed by atoms with Crippen molar-refractivity contribution in [2.45, 2.75) is 40.0 Å². The van der Waals surface area contributed by atoms with E-state index in [0.29, 0.717) is 11.3 Å². The van der Waals surface area contributed by atoms with Crippen molar-refractivity contribution in [2.75, 3.05) is 7.11 Å². The molecule has 1 aromatic carbocycles. The zero-order chi connectivity index (χ0) is 15.2. The highest BCUT2D eigenvalue weighted by atomic mass is 16.5. The molecule has 0 atom stereocenters. The third-order valence-electron chi connectivity index (χ3n) is 2.58. The number of para-hydroxylation sites is 1. The molecule has 0 radical (unpaired) electrons. The normalized spacial score (nSPS) is 10.2. The summed E-state index contributed by atoms with van der Waals surface area (Å²) >= 11 is 0. The zero-order valence-electron chi connectivity index (χ0n) is 12.7. The van der Waals surface area contributed by atoms with Crippen LogP contribution in [0.15, 0.2) is 30.4 Å². The van der Waals surface area contributed by atoms with Gasteiger partial charge in [0, 0.05) is 5.57 Å². The first-order chi connectivity index (χ1) is 8.61. The Morgan fingerprint density at radius 2 is 1.84 bits per heavy atom. The Hall–Kier alpha value is -1.77. The average molecular weight is 264 g/mol. The molecule has 0 aliphatic carbocycles. The highest BCUT2D eigenvalue weighted by Gasteiger charge is 2.18. The van der Waals surface area contributed by atoms with Gasteiger partial charge in [-0.15, -0.1) is 0 Å². The summed E-state index contributed by atoms with van der Waals surface area (Å²) in [5, 5.41) is 9.73. The number of methoxy groups -OCH3 is 1. The third-order valence-corrected chi connectivity index (χ3v) is 2.58. The summed E-state index contributed by atoms with van der Waals surface area (Å²) < 4.78 is 4.27. The van der Waals surface area contributed by atoms with Crippen LogP contribution in [0.2, 0.25) is 0 Å². The molecule has 106 valence electrons. The number of rotatable bonds is 1. The SMILES string of the molecule is C=C(C)C(=O)OC.Cc1cccc(C(C)(C)C)c1O. The topological polar surface area (TPSA) is 46.5 Å². The van der Waals surface area contributed by atoms with E-state index < -0.39 is 0 Å². The minimum absolute atomic E-state index is 0.0239. The molecule has 0 aliphatic rings. The Kier molecular flexibility index (Phi) is 6.33. The van der Waals surface area contributed by atoms with Crippen molar-refractivity contribution >= 4 is 5.97 Å². The predicted molar refractivity (Wildman–Crippen MR) is 78.4 cm³/mol. The van der Waals surface area contributed by atoms with Gasteiger partial charge in [0.05, 0.1) is 7.11 Å². The second-order valence-corrected chi connectivity index (χ2v) is 5.49. The largest absolute Gasteiger partial charge is 0.507 e. The van der Waals surface area contributed by atoms with Crippen LogP contribution in [-0.2, 0) is 14.9 Å². The molecular weight excluding hydrogens is 240 g/mol. The second-order valence-electron chi connectivity index (χ2n) is 5.49. The molecule has 0 amide bonds. The smallest absolute Gasteiger partial charge is 0.332 e. The van der Waals surface area contributed by atoms with E-state index in [-0.39, 0.29) is 11.4 Å².